The van der Waals surface area contributed by atoms with Gasteiger partial charge in [-0.3, -0.25) is 14.8 Å². The Morgan fingerprint density at radius 3 is 2.90 bits per heavy atom. The van der Waals surface area contributed by atoms with Crippen LogP contribution in [-0.4, -0.2) is 29.2 Å². The molecule has 2 fully saturated rings. The number of amides is 1. The molecule has 144 valence electrons. The standard InChI is InChI=1S/C23H19N3O2S/c1-28-20-9-10-24-18-8-7-14(11-17(18)20)12-21-22(27)26-23(29-21)25-19-13-16(19)15-5-3-2-4-6-15/h2-12,16,19H,13H2,1H3,(H,25,26,27)/t16-,19+/m1/s1. The van der Waals surface area contributed by atoms with E-state index in [1.165, 1.54) is 17.3 Å². The van der Waals surface area contributed by atoms with Crippen LogP contribution in [0.5, 0.6) is 5.75 Å². The van der Waals surface area contributed by atoms with Crippen LogP contribution in [-0.2, 0) is 4.79 Å². The lowest BCUT2D eigenvalue weighted by Crippen LogP contribution is -2.20. The number of ether oxygens (including phenoxy) is 1. The largest absolute Gasteiger partial charge is 0.496 e. The summed E-state index contributed by atoms with van der Waals surface area (Å²) in [4.78, 5) is 22.2. The van der Waals surface area contributed by atoms with Crippen molar-refractivity contribution < 1.29 is 9.53 Å². The molecule has 5 nitrogen and oxygen atoms in total. The third kappa shape index (κ3) is 3.63. The van der Waals surface area contributed by atoms with Gasteiger partial charge in [-0.25, -0.2) is 0 Å². The molecule has 0 spiro atoms. The van der Waals surface area contributed by atoms with Gasteiger partial charge >= 0.3 is 0 Å². The zero-order valence-corrected chi connectivity index (χ0v) is 16.6. The number of carbonyl (C=O) groups is 1. The zero-order chi connectivity index (χ0) is 19.8. The number of nitrogens with one attached hydrogen (secondary N) is 1. The minimum atomic E-state index is -0.107. The molecule has 1 aliphatic heterocycles. The van der Waals surface area contributed by atoms with E-state index < -0.39 is 0 Å². The molecular weight excluding hydrogens is 382 g/mol. The summed E-state index contributed by atoms with van der Waals surface area (Å²) in [5.41, 5.74) is 3.10. The predicted molar refractivity (Wildman–Crippen MR) is 117 cm³/mol. The van der Waals surface area contributed by atoms with Crippen LogP contribution in [0, 0.1) is 0 Å². The van der Waals surface area contributed by atoms with Crippen LogP contribution in [0.4, 0.5) is 0 Å². The summed E-state index contributed by atoms with van der Waals surface area (Å²) >= 11 is 1.40. The molecule has 6 heteroatoms. The molecule has 29 heavy (non-hydrogen) atoms. The van der Waals surface area contributed by atoms with Crippen molar-refractivity contribution in [1.82, 2.24) is 10.3 Å². The molecule has 1 aliphatic carbocycles. The summed E-state index contributed by atoms with van der Waals surface area (Å²) in [7, 11) is 1.64. The van der Waals surface area contributed by atoms with E-state index in [0.29, 0.717) is 16.0 Å². The zero-order valence-electron chi connectivity index (χ0n) is 15.8. The van der Waals surface area contributed by atoms with E-state index in [1.54, 1.807) is 13.3 Å². The number of amidine groups is 1. The van der Waals surface area contributed by atoms with Gasteiger partial charge in [0, 0.05) is 17.5 Å². The first-order valence-corrected chi connectivity index (χ1v) is 10.3. The van der Waals surface area contributed by atoms with Gasteiger partial charge in [0.2, 0.25) is 0 Å². The highest BCUT2D eigenvalue weighted by molar-refractivity contribution is 8.18. The van der Waals surface area contributed by atoms with Crippen LogP contribution >= 0.6 is 11.8 Å². The molecule has 1 N–H and O–H groups in total. The number of nitrogens with zero attached hydrogens (tertiary/aromatic N) is 2. The fourth-order valence-electron chi connectivity index (χ4n) is 3.58. The molecule has 0 radical (unpaired) electrons. The maximum Gasteiger partial charge on any atom is 0.264 e. The molecule has 1 amide bonds. The number of rotatable bonds is 4. The first-order chi connectivity index (χ1) is 14.2. The van der Waals surface area contributed by atoms with Crippen LogP contribution in [0.2, 0.25) is 0 Å². The Bertz CT molecular complexity index is 1160. The van der Waals surface area contributed by atoms with Gasteiger partial charge < -0.3 is 10.1 Å². The highest BCUT2D eigenvalue weighted by Crippen LogP contribution is 2.44. The molecule has 0 unspecified atom stereocenters. The Labute approximate surface area is 172 Å². The molecule has 0 bridgehead atoms. The third-order valence-corrected chi connectivity index (χ3v) is 6.09. The maximum absolute atomic E-state index is 12.4. The van der Waals surface area contributed by atoms with Crippen LogP contribution in [0.3, 0.4) is 0 Å². The van der Waals surface area contributed by atoms with E-state index in [9.17, 15) is 4.79 Å². The number of aliphatic imine (C=N–C) groups is 1. The summed E-state index contributed by atoms with van der Waals surface area (Å²) < 4.78 is 5.42. The van der Waals surface area contributed by atoms with Gasteiger partial charge in [-0.2, -0.15) is 0 Å². The fraction of sp³-hybridized carbons (Fsp3) is 0.174. The molecule has 1 aromatic heterocycles. The lowest BCUT2D eigenvalue weighted by molar-refractivity contribution is -0.115. The van der Waals surface area contributed by atoms with E-state index in [2.05, 4.69) is 34.6 Å². The van der Waals surface area contributed by atoms with Crippen LogP contribution in [0.15, 0.2) is 70.7 Å². The summed E-state index contributed by atoms with van der Waals surface area (Å²) in [6, 6.07) is 18.4. The number of pyridine rings is 1. The lowest BCUT2D eigenvalue weighted by atomic mass is 10.1. The van der Waals surface area contributed by atoms with Gasteiger partial charge in [0.05, 0.1) is 23.6 Å². The molecule has 2 atom stereocenters. The van der Waals surface area contributed by atoms with Crippen molar-refractivity contribution in [1.29, 1.82) is 0 Å². The second-order valence-electron chi connectivity index (χ2n) is 7.11. The lowest BCUT2D eigenvalue weighted by Gasteiger charge is -2.05. The van der Waals surface area contributed by atoms with E-state index in [4.69, 9.17) is 9.73 Å². The number of fused-ring (bicyclic) bond motifs is 1. The molecule has 1 saturated heterocycles. The van der Waals surface area contributed by atoms with Crippen LogP contribution in [0.1, 0.15) is 23.5 Å². The van der Waals surface area contributed by atoms with Crippen molar-refractivity contribution in [3.63, 3.8) is 0 Å². The van der Waals surface area contributed by atoms with E-state index >= 15 is 0 Å². The summed E-state index contributed by atoms with van der Waals surface area (Å²) in [5.74, 6) is 1.11. The average Bonchev–Trinajstić information content (AvgIpc) is 3.43. The topological polar surface area (TPSA) is 63.6 Å². The highest BCUT2D eigenvalue weighted by Gasteiger charge is 2.39. The van der Waals surface area contributed by atoms with Gasteiger partial charge in [0.25, 0.3) is 5.91 Å². The number of benzene rings is 2. The second-order valence-corrected chi connectivity index (χ2v) is 8.14. The van der Waals surface area contributed by atoms with Crippen LogP contribution in [0.25, 0.3) is 17.0 Å². The van der Waals surface area contributed by atoms with Gasteiger partial charge in [-0.15, -0.1) is 0 Å². The Balaban J connectivity index is 1.35. The predicted octanol–water partition coefficient (Wildman–Crippen LogP) is 4.36. The molecule has 3 aromatic rings. The molecular formula is C23H19N3O2S. The molecule has 2 aromatic carbocycles. The van der Waals surface area contributed by atoms with Crippen molar-refractivity contribution in [2.75, 3.05) is 7.11 Å². The monoisotopic (exact) mass is 401 g/mol. The number of methoxy groups -OCH3 is 1. The Kier molecular flexibility index (Phi) is 4.56. The molecule has 2 aliphatic rings. The van der Waals surface area contributed by atoms with E-state index in [0.717, 1.165) is 28.6 Å². The minimum Gasteiger partial charge on any atom is -0.496 e. The Morgan fingerprint density at radius 1 is 1.21 bits per heavy atom. The second kappa shape index (κ2) is 7.37. The van der Waals surface area contributed by atoms with Gasteiger partial charge in [-0.1, -0.05) is 36.4 Å². The van der Waals surface area contributed by atoms with Crippen molar-refractivity contribution in [3.05, 3.63) is 76.8 Å². The molecule has 5 rings (SSSR count). The van der Waals surface area contributed by atoms with Gasteiger partial charge in [-0.05, 0) is 53.6 Å². The first kappa shape index (κ1) is 17.9. The van der Waals surface area contributed by atoms with Crippen molar-refractivity contribution in [3.8, 4) is 5.75 Å². The summed E-state index contributed by atoms with van der Waals surface area (Å²) in [5, 5.41) is 4.50. The minimum absolute atomic E-state index is 0.107. The van der Waals surface area contributed by atoms with Gasteiger partial charge in [0.1, 0.15) is 5.75 Å². The summed E-state index contributed by atoms with van der Waals surface area (Å²) in [6.45, 7) is 0. The third-order valence-electron chi connectivity index (χ3n) is 5.16. The number of carbonyl (C=O) groups excluding carboxylic acids is 1. The number of hydrogen-bond donors (Lipinski definition) is 1. The average molecular weight is 401 g/mol. The first-order valence-electron chi connectivity index (χ1n) is 9.47. The Hall–Kier alpha value is -3.12. The van der Waals surface area contributed by atoms with Crippen LogP contribution < -0.4 is 10.1 Å². The molecule has 1 saturated carbocycles. The van der Waals surface area contributed by atoms with Gasteiger partial charge in [0.15, 0.2) is 5.17 Å². The molecule has 2 heterocycles. The van der Waals surface area contributed by atoms with E-state index in [1.807, 2.05) is 36.4 Å². The SMILES string of the molecule is COc1ccnc2ccc(C=C3SC(=N[C@H]4C[C@@H]4c4ccccc4)NC3=O)cc12. The fourth-order valence-corrected chi connectivity index (χ4v) is 4.46. The number of thioether (sulfide) groups is 1. The van der Waals surface area contributed by atoms with Crippen molar-refractivity contribution >= 4 is 39.8 Å². The quantitative estimate of drug-likeness (QED) is 0.660. The van der Waals surface area contributed by atoms with Crippen molar-refractivity contribution in [2.24, 2.45) is 4.99 Å². The maximum atomic E-state index is 12.4. The normalized spacial score (nSPS) is 23.6. The Morgan fingerprint density at radius 2 is 2.07 bits per heavy atom. The summed E-state index contributed by atoms with van der Waals surface area (Å²) in [6.07, 6.45) is 4.64. The smallest absolute Gasteiger partial charge is 0.264 e. The number of hydrogen-bond acceptors (Lipinski definition) is 5. The highest BCUT2D eigenvalue weighted by atomic mass is 32.2. The number of aromatic nitrogens is 1. The van der Waals surface area contributed by atoms with E-state index in [-0.39, 0.29) is 11.9 Å². The van der Waals surface area contributed by atoms with Crippen molar-refractivity contribution in [2.45, 2.75) is 18.4 Å².